The molecule has 0 fully saturated rings. The fraction of sp³-hybridized carbons (Fsp3) is 0.304. The van der Waals surface area contributed by atoms with Gasteiger partial charge in [0.15, 0.2) is 0 Å². The van der Waals surface area contributed by atoms with Crippen molar-refractivity contribution in [3.05, 3.63) is 76.5 Å². The molecule has 0 radical (unpaired) electrons. The minimum absolute atomic E-state index is 0.0202. The third kappa shape index (κ3) is 4.57. The van der Waals surface area contributed by atoms with Gasteiger partial charge in [-0.3, -0.25) is 4.79 Å². The van der Waals surface area contributed by atoms with Crippen LogP contribution < -0.4 is 10.6 Å². The second-order valence-corrected chi connectivity index (χ2v) is 7.06. The molecule has 2 aromatic carbocycles. The van der Waals surface area contributed by atoms with Gasteiger partial charge < -0.3 is 10.6 Å². The third-order valence-corrected chi connectivity index (χ3v) is 5.11. The number of hydrogen-bond acceptors (Lipinski definition) is 3. The van der Waals surface area contributed by atoms with Gasteiger partial charge in [0.1, 0.15) is 11.6 Å². The Morgan fingerprint density at radius 3 is 2.63 bits per heavy atom. The van der Waals surface area contributed by atoms with Crippen LogP contribution in [0, 0.1) is 18.3 Å². The second-order valence-electron chi connectivity index (χ2n) is 7.06. The normalized spacial score (nSPS) is 14.6. The molecule has 0 spiro atoms. The number of nitrogens with one attached hydrogen (secondary N) is 2. The molecule has 4 heteroatoms. The molecule has 4 nitrogen and oxygen atoms in total. The SMILES string of the molecule is Cc1ccccc1NC(=O)/C(C#N)=C\NC(C)c1ccc2c(c1)CCCC2. The van der Waals surface area contributed by atoms with Gasteiger partial charge >= 0.3 is 0 Å². The van der Waals surface area contributed by atoms with Gasteiger partial charge in [0, 0.05) is 17.9 Å². The van der Waals surface area contributed by atoms with Crippen LogP contribution in [0.1, 0.15) is 48.1 Å². The Labute approximate surface area is 160 Å². The molecule has 1 atom stereocenters. The van der Waals surface area contributed by atoms with Crippen molar-refractivity contribution in [2.24, 2.45) is 0 Å². The Hall–Kier alpha value is -3.06. The molecular formula is C23H25N3O. The molecule has 3 rings (SSSR count). The van der Waals surface area contributed by atoms with Crippen LogP contribution in [-0.2, 0) is 17.6 Å². The second kappa shape index (κ2) is 8.55. The maximum absolute atomic E-state index is 12.4. The van der Waals surface area contributed by atoms with Gasteiger partial charge in [0.05, 0.1) is 0 Å². The summed E-state index contributed by atoms with van der Waals surface area (Å²) in [6.45, 7) is 3.96. The summed E-state index contributed by atoms with van der Waals surface area (Å²) < 4.78 is 0. The molecule has 138 valence electrons. The summed E-state index contributed by atoms with van der Waals surface area (Å²) in [5.74, 6) is -0.406. The van der Waals surface area contributed by atoms with E-state index in [0.29, 0.717) is 5.69 Å². The molecule has 0 saturated heterocycles. The van der Waals surface area contributed by atoms with E-state index >= 15 is 0 Å². The number of nitrogens with zero attached hydrogens (tertiary/aromatic N) is 1. The first kappa shape index (κ1) is 18.7. The van der Waals surface area contributed by atoms with Crippen molar-refractivity contribution in [1.82, 2.24) is 5.32 Å². The fourth-order valence-electron chi connectivity index (χ4n) is 3.38. The summed E-state index contributed by atoms with van der Waals surface area (Å²) in [6.07, 6.45) is 6.32. The summed E-state index contributed by atoms with van der Waals surface area (Å²) >= 11 is 0. The number of rotatable bonds is 5. The lowest BCUT2D eigenvalue weighted by Gasteiger charge is -2.19. The molecule has 1 aliphatic rings. The van der Waals surface area contributed by atoms with E-state index in [1.807, 2.05) is 44.2 Å². The van der Waals surface area contributed by atoms with E-state index in [0.717, 1.165) is 18.4 Å². The van der Waals surface area contributed by atoms with Gasteiger partial charge in [-0.2, -0.15) is 5.26 Å². The van der Waals surface area contributed by atoms with Crippen molar-refractivity contribution in [2.75, 3.05) is 5.32 Å². The van der Waals surface area contributed by atoms with Crippen molar-refractivity contribution in [3.8, 4) is 6.07 Å². The van der Waals surface area contributed by atoms with E-state index in [9.17, 15) is 10.1 Å². The smallest absolute Gasteiger partial charge is 0.267 e. The highest BCUT2D eigenvalue weighted by atomic mass is 16.1. The van der Waals surface area contributed by atoms with E-state index in [4.69, 9.17) is 0 Å². The maximum Gasteiger partial charge on any atom is 0.267 e. The van der Waals surface area contributed by atoms with E-state index in [-0.39, 0.29) is 11.6 Å². The standard InChI is InChI=1S/C23H25N3O/c1-16-7-3-6-10-22(16)26-23(27)21(14-24)15-25-17(2)19-12-11-18-8-4-5-9-20(18)13-19/h3,6-7,10-13,15,17,25H,4-5,8-9H2,1-2H3,(H,26,27)/b21-15-. The largest absolute Gasteiger partial charge is 0.383 e. The maximum atomic E-state index is 12.4. The molecule has 1 aliphatic carbocycles. The quantitative estimate of drug-likeness (QED) is 0.607. The Morgan fingerprint density at radius 1 is 1.15 bits per heavy atom. The average Bonchev–Trinajstić information content (AvgIpc) is 2.69. The molecular weight excluding hydrogens is 334 g/mol. The molecule has 2 aromatic rings. The highest BCUT2D eigenvalue weighted by Crippen LogP contribution is 2.25. The first-order valence-electron chi connectivity index (χ1n) is 9.43. The zero-order chi connectivity index (χ0) is 19.2. The van der Waals surface area contributed by atoms with Gasteiger partial charge in [-0.1, -0.05) is 36.4 Å². The minimum atomic E-state index is -0.406. The third-order valence-electron chi connectivity index (χ3n) is 5.11. The van der Waals surface area contributed by atoms with Crippen molar-refractivity contribution >= 4 is 11.6 Å². The first-order valence-corrected chi connectivity index (χ1v) is 9.43. The fourth-order valence-corrected chi connectivity index (χ4v) is 3.38. The summed E-state index contributed by atoms with van der Waals surface area (Å²) in [6, 6.07) is 16.1. The van der Waals surface area contributed by atoms with Gasteiger partial charge in [-0.25, -0.2) is 0 Å². The van der Waals surface area contributed by atoms with E-state index in [2.05, 4.69) is 28.8 Å². The molecule has 1 amide bonds. The Bertz CT molecular complexity index is 908. The van der Waals surface area contributed by atoms with Gasteiger partial charge in [-0.15, -0.1) is 0 Å². The van der Waals surface area contributed by atoms with E-state index in [1.165, 1.54) is 35.7 Å². The molecule has 0 saturated carbocycles. The zero-order valence-corrected chi connectivity index (χ0v) is 15.9. The lowest BCUT2D eigenvalue weighted by atomic mass is 9.89. The molecule has 0 heterocycles. The predicted octanol–water partition coefficient (Wildman–Crippen LogP) is 4.57. The lowest BCUT2D eigenvalue weighted by Crippen LogP contribution is -2.19. The predicted molar refractivity (Wildman–Crippen MR) is 108 cm³/mol. The van der Waals surface area contributed by atoms with Crippen LogP contribution in [0.5, 0.6) is 0 Å². The summed E-state index contributed by atoms with van der Waals surface area (Å²) in [7, 11) is 0. The highest BCUT2D eigenvalue weighted by molar-refractivity contribution is 6.06. The number of hydrogen-bond donors (Lipinski definition) is 2. The number of aryl methyl sites for hydroxylation is 3. The van der Waals surface area contributed by atoms with Crippen molar-refractivity contribution in [1.29, 1.82) is 5.26 Å². The van der Waals surface area contributed by atoms with Gasteiger partial charge in [0.25, 0.3) is 5.91 Å². The van der Waals surface area contributed by atoms with E-state index < -0.39 is 5.91 Å². The Kier molecular flexibility index (Phi) is 5.93. The number of fused-ring (bicyclic) bond motifs is 1. The lowest BCUT2D eigenvalue weighted by molar-refractivity contribution is -0.112. The minimum Gasteiger partial charge on any atom is -0.383 e. The first-order chi connectivity index (χ1) is 13.1. The summed E-state index contributed by atoms with van der Waals surface area (Å²) in [5.41, 5.74) is 5.77. The van der Waals surface area contributed by atoms with Crippen LogP contribution in [0.15, 0.2) is 54.2 Å². The number of nitriles is 1. The van der Waals surface area contributed by atoms with Crippen LogP contribution >= 0.6 is 0 Å². The molecule has 1 unspecified atom stereocenters. The number of carbonyl (C=O) groups is 1. The van der Waals surface area contributed by atoms with Crippen molar-refractivity contribution in [2.45, 2.75) is 45.6 Å². The van der Waals surface area contributed by atoms with Crippen molar-refractivity contribution in [3.63, 3.8) is 0 Å². The molecule has 0 bridgehead atoms. The number of carbonyl (C=O) groups excluding carboxylic acids is 1. The van der Waals surface area contributed by atoms with Crippen molar-refractivity contribution < 1.29 is 4.79 Å². The average molecular weight is 359 g/mol. The summed E-state index contributed by atoms with van der Waals surface area (Å²) in [5, 5.41) is 15.4. The van der Waals surface area contributed by atoms with E-state index in [1.54, 1.807) is 0 Å². The molecule has 2 N–H and O–H groups in total. The number of para-hydroxylation sites is 1. The number of amides is 1. The van der Waals surface area contributed by atoms with Crippen LogP contribution in [0.2, 0.25) is 0 Å². The monoisotopic (exact) mass is 359 g/mol. The van der Waals surface area contributed by atoms with Crippen LogP contribution in [0.4, 0.5) is 5.69 Å². The molecule has 27 heavy (non-hydrogen) atoms. The summed E-state index contributed by atoms with van der Waals surface area (Å²) in [4.78, 5) is 12.4. The Balaban J connectivity index is 1.68. The van der Waals surface area contributed by atoms with Crippen LogP contribution in [0.3, 0.4) is 0 Å². The highest BCUT2D eigenvalue weighted by Gasteiger charge is 2.14. The van der Waals surface area contributed by atoms with Crippen LogP contribution in [-0.4, -0.2) is 5.91 Å². The van der Waals surface area contributed by atoms with Gasteiger partial charge in [-0.05, 0) is 67.9 Å². The van der Waals surface area contributed by atoms with Crippen LogP contribution in [0.25, 0.3) is 0 Å². The molecule has 0 aliphatic heterocycles. The number of benzene rings is 2. The topological polar surface area (TPSA) is 64.9 Å². The zero-order valence-electron chi connectivity index (χ0n) is 15.9. The molecule has 0 aromatic heterocycles. The Morgan fingerprint density at radius 2 is 1.89 bits per heavy atom. The number of anilines is 1. The van der Waals surface area contributed by atoms with Gasteiger partial charge in [0.2, 0.25) is 0 Å².